The van der Waals surface area contributed by atoms with Crippen molar-refractivity contribution in [3.63, 3.8) is 0 Å². The van der Waals surface area contributed by atoms with Gasteiger partial charge in [0.2, 0.25) is 5.43 Å². The van der Waals surface area contributed by atoms with Gasteiger partial charge in [-0.15, -0.1) is 0 Å². The summed E-state index contributed by atoms with van der Waals surface area (Å²) in [6.45, 7) is -0.353. The van der Waals surface area contributed by atoms with Gasteiger partial charge in [0.25, 0.3) is 5.91 Å². The largest absolute Gasteiger partial charge is 0.507 e. The molecule has 0 aliphatic rings. The highest BCUT2D eigenvalue weighted by molar-refractivity contribution is 5.93. The van der Waals surface area contributed by atoms with E-state index < -0.39 is 11.3 Å². The second-order valence-corrected chi connectivity index (χ2v) is 7.43. The summed E-state index contributed by atoms with van der Waals surface area (Å²) in [5.41, 5.74) is 1.08. The maximum Gasteiger partial charge on any atom is 0.262 e. The van der Waals surface area contributed by atoms with Gasteiger partial charge in [0.1, 0.15) is 46.0 Å². The van der Waals surface area contributed by atoms with Crippen molar-refractivity contribution in [1.29, 1.82) is 0 Å². The summed E-state index contributed by atoms with van der Waals surface area (Å²) in [4.78, 5) is 25.4. The smallest absolute Gasteiger partial charge is 0.262 e. The number of rotatable bonds is 8. The number of phenols is 1. The molecule has 0 atom stereocenters. The van der Waals surface area contributed by atoms with Crippen LogP contribution in [-0.2, 0) is 4.79 Å². The SMILES string of the molecule is COc1ccc(-c2coc3cc(OCC(=O)Nc4ccc(OC)cc4OC)cc(O)c3c2=O)cc1. The van der Waals surface area contributed by atoms with E-state index in [9.17, 15) is 14.7 Å². The number of aromatic hydroxyl groups is 1. The van der Waals surface area contributed by atoms with Gasteiger partial charge in [-0.3, -0.25) is 9.59 Å². The lowest BCUT2D eigenvalue weighted by atomic mass is 10.0. The number of hydrogen-bond acceptors (Lipinski definition) is 8. The van der Waals surface area contributed by atoms with Crippen molar-refractivity contribution in [3.8, 4) is 39.9 Å². The van der Waals surface area contributed by atoms with Crippen LogP contribution in [0.4, 0.5) is 5.69 Å². The van der Waals surface area contributed by atoms with E-state index in [0.29, 0.717) is 28.5 Å². The molecule has 3 aromatic carbocycles. The third-order valence-corrected chi connectivity index (χ3v) is 5.28. The predicted octanol–water partition coefficient (Wildman–Crippen LogP) is 4.21. The van der Waals surface area contributed by atoms with Gasteiger partial charge in [-0.2, -0.15) is 0 Å². The van der Waals surface area contributed by atoms with Gasteiger partial charge in [0.15, 0.2) is 6.61 Å². The molecule has 0 aliphatic heterocycles. The minimum absolute atomic E-state index is 0.0121. The van der Waals surface area contributed by atoms with Crippen molar-refractivity contribution in [1.82, 2.24) is 0 Å². The topological polar surface area (TPSA) is 116 Å². The van der Waals surface area contributed by atoms with E-state index in [1.165, 1.54) is 32.6 Å². The Hall–Kier alpha value is -4.66. The summed E-state index contributed by atoms with van der Waals surface area (Å²) in [6, 6.07) is 14.6. The first-order chi connectivity index (χ1) is 16.9. The lowest BCUT2D eigenvalue weighted by Gasteiger charge is -2.12. The molecule has 0 bridgehead atoms. The van der Waals surface area contributed by atoms with Crippen LogP contribution in [0.25, 0.3) is 22.1 Å². The fourth-order valence-corrected chi connectivity index (χ4v) is 3.50. The molecule has 0 radical (unpaired) electrons. The van der Waals surface area contributed by atoms with E-state index in [4.69, 9.17) is 23.4 Å². The van der Waals surface area contributed by atoms with Crippen molar-refractivity contribution >= 4 is 22.6 Å². The standard InChI is InChI=1S/C26H23NO8/c1-31-16-6-4-15(5-7-16)19-13-35-23-12-18(10-21(28)25(23)26(19)30)34-14-24(29)27-20-9-8-17(32-2)11-22(20)33-3/h4-13,28H,14H2,1-3H3,(H,27,29). The first-order valence-corrected chi connectivity index (χ1v) is 10.5. The lowest BCUT2D eigenvalue weighted by Crippen LogP contribution is -2.20. The van der Waals surface area contributed by atoms with E-state index in [0.717, 1.165) is 0 Å². The molecule has 1 amide bonds. The molecule has 0 aliphatic carbocycles. The van der Waals surface area contributed by atoms with E-state index in [2.05, 4.69) is 5.32 Å². The van der Waals surface area contributed by atoms with Crippen LogP contribution in [0.5, 0.6) is 28.7 Å². The van der Waals surface area contributed by atoms with E-state index in [1.54, 1.807) is 49.6 Å². The number of amides is 1. The third kappa shape index (κ3) is 4.98. The fraction of sp³-hybridized carbons (Fsp3) is 0.154. The average Bonchev–Trinajstić information content (AvgIpc) is 2.87. The first kappa shape index (κ1) is 23.5. The van der Waals surface area contributed by atoms with Gasteiger partial charge in [0.05, 0.1) is 32.6 Å². The molecule has 1 aromatic heterocycles. The summed E-state index contributed by atoms with van der Waals surface area (Å²) in [5.74, 6) is 1.04. The van der Waals surface area contributed by atoms with Gasteiger partial charge in [0, 0.05) is 18.2 Å². The van der Waals surface area contributed by atoms with Crippen LogP contribution in [0.3, 0.4) is 0 Å². The van der Waals surface area contributed by atoms with Crippen molar-refractivity contribution in [2.24, 2.45) is 0 Å². The minimum Gasteiger partial charge on any atom is -0.507 e. The Bertz CT molecular complexity index is 1430. The number of fused-ring (bicyclic) bond motifs is 1. The Labute approximate surface area is 200 Å². The molecule has 0 fully saturated rings. The van der Waals surface area contributed by atoms with Crippen molar-refractivity contribution in [2.45, 2.75) is 0 Å². The Kier molecular flexibility index (Phi) is 6.77. The molecule has 1 heterocycles. The molecule has 0 saturated carbocycles. The van der Waals surface area contributed by atoms with Crippen molar-refractivity contribution in [3.05, 3.63) is 71.1 Å². The molecular weight excluding hydrogens is 454 g/mol. The second kappa shape index (κ2) is 10.1. The van der Waals surface area contributed by atoms with E-state index >= 15 is 0 Å². The summed E-state index contributed by atoms with van der Waals surface area (Å²) in [7, 11) is 4.56. The normalized spacial score (nSPS) is 10.6. The van der Waals surface area contributed by atoms with Gasteiger partial charge < -0.3 is 33.8 Å². The maximum atomic E-state index is 13.0. The number of anilines is 1. The molecule has 9 nitrogen and oxygen atoms in total. The van der Waals surface area contributed by atoms with E-state index in [-0.39, 0.29) is 34.6 Å². The minimum atomic E-state index is -0.454. The van der Waals surface area contributed by atoms with Crippen molar-refractivity contribution in [2.75, 3.05) is 33.3 Å². The zero-order valence-electron chi connectivity index (χ0n) is 19.3. The number of benzene rings is 3. The van der Waals surface area contributed by atoms with Crippen LogP contribution in [0, 0.1) is 0 Å². The first-order valence-electron chi connectivity index (χ1n) is 10.5. The van der Waals surface area contributed by atoms with E-state index in [1.807, 2.05) is 0 Å². The Morgan fingerprint density at radius 3 is 2.31 bits per heavy atom. The van der Waals surface area contributed by atoms with Crippen molar-refractivity contribution < 1.29 is 33.3 Å². The van der Waals surface area contributed by atoms with Gasteiger partial charge >= 0.3 is 0 Å². The second-order valence-electron chi connectivity index (χ2n) is 7.43. The highest BCUT2D eigenvalue weighted by atomic mass is 16.5. The quantitative estimate of drug-likeness (QED) is 0.388. The zero-order chi connectivity index (χ0) is 24.9. The Balaban J connectivity index is 1.52. The van der Waals surface area contributed by atoms with Crippen LogP contribution < -0.4 is 29.7 Å². The molecule has 9 heteroatoms. The number of hydrogen-bond donors (Lipinski definition) is 2. The van der Waals surface area contributed by atoms with Crippen LogP contribution in [0.15, 0.2) is 70.1 Å². The predicted molar refractivity (Wildman–Crippen MR) is 130 cm³/mol. The van der Waals surface area contributed by atoms with Gasteiger partial charge in [-0.25, -0.2) is 0 Å². The number of ether oxygens (including phenoxy) is 4. The monoisotopic (exact) mass is 477 g/mol. The Morgan fingerprint density at radius 2 is 1.63 bits per heavy atom. The fourth-order valence-electron chi connectivity index (χ4n) is 3.50. The number of phenolic OH excluding ortho intramolecular Hbond substituents is 1. The molecular formula is C26H23NO8. The van der Waals surface area contributed by atoms with Gasteiger partial charge in [-0.05, 0) is 29.8 Å². The number of carbonyl (C=O) groups excluding carboxylic acids is 1. The summed E-state index contributed by atoms with van der Waals surface area (Å²) >= 11 is 0. The molecule has 0 spiro atoms. The molecule has 4 rings (SSSR count). The summed E-state index contributed by atoms with van der Waals surface area (Å²) in [5, 5.41) is 13.2. The highest BCUT2D eigenvalue weighted by Crippen LogP contribution is 2.31. The molecule has 180 valence electrons. The van der Waals surface area contributed by atoms with Crippen LogP contribution in [-0.4, -0.2) is 38.9 Å². The molecule has 2 N–H and O–H groups in total. The maximum absolute atomic E-state index is 13.0. The third-order valence-electron chi connectivity index (χ3n) is 5.28. The molecule has 4 aromatic rings. The highest BCUT2D eigenvalue weighted by Gasteiger charge is 2.16. The van der Waals surface area contributed by atoms with Crippen LogP contribution in [0.1, 0.15) is 0 Å². The molecule has 35 heavy (non-hydrogen) atoms. The lowest BCUT2D eigenvalue weighted by molar-refractivity contribution is -0.118. The number of carbonyl (C=O) groups is 1. The average molecular weight is 477 g/mol. The Morgan fingerprint density at radius 1 is 0.914 bits per heavy atom. The number of methoxy groups -OCH3 is 3. The summed E-state index contributed by atoms with van der Waals surface area (Å²) < 4.78 is 26.7. The van der Waals surface area contributed by atoms with Gasteiger partial charge in [-0.1, -0.05) is 12.1 Å². The molecule has 0 saturated heterocycles. The van der Waals surface area contributed by atoms with Crippen LogP contribution >= 0.6 is 0 Å². The number of nitrogens with one attached hydrogen (secondary N) is 1. The zero-order valence-corrected chi connectivity index (χ0v) is 19.3. The summed E-state index contributed by atoms with van der Waals surface area (Å²) in [6.07, 6.45) is 1.32. The van der Waals surface area contributed by atoms with Crippen LogP contribution in [0.2, 0.25) is 0 Å². The molecule has 0 unspecified atom stereocenters.